The summed E-state index contributed by atoms with van der Waals surface area (Å²) in [6.45, 7) is 0.500. The van der Waals surface area contributed by atoms with Crippen molar-refractivity contribution in [1.82, 2.24) is 19.1 Å². The highest BCUT2D eigenvalue weighted by molar-refractivity contribution is 4.92. The third kappa shape index (κ3) is 2.10. The summed E-state index contributed by atoms with van der Waals surface area (Å²) in [6.07, 6.45) is 5.70. The monoisotopic (exact) mass is 220 g/mol. The maximum absolute atomic E-state index is 11.4. The molecule has 0 aliphatic rings. The number of nitrogens with zero attached hydrogens (tertiary/aromatic N) is 3. The van der Waals surface area contributed by atoms with Gasteiger partial charge in [0, 0.05) is 44.7 Å². The fraction of sp³-hybridized carbons (Fsp3) is 0.300. The number of aromatic amines is 1. The van der Waals surface area contributed by atoms with Gasteiger partial charge in [0.2, 0.25) is 0 Å². The van der Waals surface area contributed by atoms with Crippen molar-refractivity contribution in [2.75, 3.05) is 0 Å². The molecule has 6 heteroatoms. The van der Waals surface area contributed by atoms with Gasteiger partial charge < -0.3 is 9.13 Å². The van der Waals surface area contributed by atoms with Crippen LogP contribution in [0.1, 0.15) is 5.82 Å². The summed E-state index contributed by atoms with van der Waals surface area (Å²) in [7, 11) is 1.90. The van der Waals surface area contributed by atoms with Crippen molar-refractivity contribution >= 4 is 0 Å². The predicted octanol–water partition coefficient (Wildman–Crippen LogP) is -0.487. The van der Waals surface area contributed by atoms with Crippen molar-refractivity contribution in [3.05, 3.63) is 51.3 Å². The Balaban J connectivity index is 2.14. The normalized spacial score (nSPS) is 10.6. The Kier molecular flexibility index (Phi) is 2.72. The van der Waals surface area contributed by atoms with E-state index in [1.165, 1.54) is 16.8 Å². The van der Waals surface area contributed by atoms with Crippen LogP contribution in [-0.2, 0) is 20.0 Å². The molecule has 0 bridgehead atoms. The summed E-state index contributed by atoms with van der Waals surface area (Å²) in [5.41, 5.74) is -0.764. The molecule has 2 aromatic rings. The summed E-state index contributed by atoms with van der Waals surface area (Å²) < 4.78 is 3.35. The number of nitrogens with one attached hydrogen (secondary N) is 1. The lowest BCUT2D eigenvalue weighted by molar-refractivity contribution is 0.615. The van der Waals surface area contributed by atoms with Gasteiger partial charge in [-0.2, -0.15) is 0 Å². The highest BCUT2D eigenvalue weighted by Gasteiger charge is 2.01. The number of aromatic nitrogens is 4. The minimum absolute atomic E-state index is 0.377. The standard InChI is InChI=1S/C10H12N4O2/c1-13-7-4-11-8(13)2-5-14-6-3-9(15)12-10(14)16/h3-4,6-7H,2,5H2,1H3,(H,12,15,16). The van der Waals surface area contributed by atoms with Crippen LogP contribution in [0.4, 0.5) is 0 Å². The highest BCUT2D eigenvalue weighted by atomic mass is 16.2. The van der Waals surface area contributed by atoms with Gasteiger partial charge in [-0.15, -0.1) is 0 Å². The smallest absolute Gasteiger partial charge is 0.328 e. The van der Waals surface area contributed by atoms with E-state index in [0.717, 1.165) is 5.82 Å². The molecule has 0 amide bonds. The molecule has 0 radical (unpaired) electrons. The molecule has 0 atom stereocenters. The van der Waals surface area contributed by atoms with Crippen LogP contribution in [0.15, 0.2) is 34.2 Å². The molecule has 0 aromatic carbocycles. The first-order valence-electron chi connectivity index (χ1n) is 4.93. The van der Waals surface area contributed by atoms with E-state index in [4.69, 9.17) is 0 Å². The zero-order valence-corrected chi connectivity index (χ0v) is 8.88. The molecule has 2 heterocycles. The lowest BCUT2D eigenvalue weighted by Gasteiger charge is -2.04. The molecular weight excluding hydrogens is 208 g/mol. The van der Waals surface area contributed by atoms with E-state index < -0.39 is 0 Å². The Morgan fingerprint density at radius 3 is 2.81 bits per heavy atom. The zero-order chi connectivity index (χ0) is 11.5. The van der Waals surface area contributed by atoms with Gasteiger partial charge in [-0.25, -0.2) is 9.78 Å². The largest absolute Gasteiger partial charge is 0.338 e. The third-order valence-corrected chi connectivity index (χ3v) is 2.39. The summed E-state index contributed by atoms with van der Waals surface area (Å²) in [5.74, 6) is 0.901. The van der Waals surface area contributed by atoms with Crippen molar-refractivity contribution in [2.24, 2.45) is 7.05 Å². The van der Waals surface area contributed by atoms with E-state index in [1.807, 2.05) is 17.8 Å². The Bertz CT molecular complexity index is 593. The van der Waals surface area contributed by atoms with Crippen molar-refractivity contribution in [3.8, 4) is 0 Å². The molecule has 0 aliphatic heterocycles. The number of aryl methyl sites for hydroxylation is 3. The fourth-order valence-corrected chi connectivity index (χ4v) is 1.48. The average Bonchev–Trinajstić information content (AvgIpc) is 2.63. The number of imidazole rings is 1. The minimum atomic E-state index is -0.387. The second-order valence-electron chi connectivity index (χ2n) is 3.51. The van der Waals surface area contributed by atoms with E-state index in [9.17, 15) is 9.59 Å². The van der Waals surface area contributed by atoms with Crippen molar-refractivity contribution < 1.29 is 0 Å². The molecule has 0 aliphatic carbocycles. The lowest BCUT2D eigenvalue weighted by Crippen LogP contribution is -2.29. The Labute approximate surface area is 91.2 Å². The molecule has 0 spiro atoms. The summed E-state index contributed by atoms with van der Waals surface area (Å²) in [6, 6.07) is 1.33. The SMILES string of the molecule is Cn1ccnc1CCn1ccc(=O)[nH]c1=O. The van der Waals surface area contributed by atoms with E-state index in [0.29, 0.717) is 13.0 Å². The van der Waals surface area contributed by atoms with Gasteiger partial charge in [0.1, 0.15) is 5.82 Å². The van der Waals surface area contributed by atoms with Crippen molar-refractivity contribution in [1.29, 1.82) is 0 Å². The molecule has 0 saturated carbocycles. The quantitative estimate of drug-likeness (QED) is 0.758. The molecule has 84 valence electrons. The van der Waals surface area contributed by atoms with E-state index in [-0.39, 0.29) is 11.2 Å². The van der Waals surface area contributed by atoms with Crippen LogP contribution in [0.3, 0.4) is 0 Å². The van der Waals surface area contributed by atoms with Crippen molar-refractivity contribution in [3.63, 3.8) is 0 Å². The summed E-state index contributed by atoms with van der Waals surface area (Å²) in [4.78, 5) is 28.6. The zero-order valence-electron chi connectivity index (χ0n) is 8.88. The first-order valence-corrected chi connectivity index (χ1v) is 4.93. The highest BCUT2D eigenvalue weighted by Crippen LogP contribution is 1.96. The Hall–Kier alpha value is -2.11. The van der Waals surface area contributed by atoms with Gasteiger partial charge in [0.05, 0.1) is 0 Å². The van der Waals surface area contributed by atoms with Crippen LogP contribution in [0, 0.1) is 0 Å². The maximum atomic E-state index is 11.4. The lowest BCUT2D eigenvalue weighted by atomic mass is 10.4. The van der Waals surface area contributed by atoms with Gasteiger partial charge in [0.25, 0.3) is 5.56 Å². The van der Waals surface area contributed by atoms with E-state index >= 15 is 0 Å². The predicted molar refractivity (Wildman–Crippen MR) is 58.2 cm³/mol. The number of rotatable bonds is 3. The molecule has 1 N–H and O–H groups in total. The fourth-order valence-electron chi connectivity index (χ4n) is 1.48. The minimum Gasteiger partial charge on any atom is -0.338 e. The summed E-state index contributed by atoms with van der Waals surface area (Å²) in [5, 5.41) is 0. The third-order valence-electron chi connectivity index (χ3n) is 2.39. The van der Waals surface area contributed by atoms with Gasteiger partial charge in [-0.1, -0.05) is 0 Å². The van der Waals surface area contributed by atoms with Crippen LogP contribution in [0.25, 0.3) is 0 Å². The average molecular weight is 220 g/mol. The number of hydrogen-bond acceptors (Lipinski definition) is 3. The second kappa shape index (κ2) is 4.18. The molecule has 2 aromatic heterocycles. The molecule has 0 fully saturated rings. The molecule has 0 saturated heterocycles. The van der Waals surface area contributed by atoms with E-state index in [1.54, 1.807) is 6.20 Å². The topological polar surface area (TPSA) is 72.7 Å². The van der Waals surface area contributed by atoms with Crippen LogP contribution < -0.4 is 11.2 Å². The maximum Gasteiger partial charge on any atom is 0.328 e. The summed E-state index contributed by atoms with van der Waals surface area (Å²) >= 11 is 0. The van der Waals surface area contributed by atoms with Gasteiger partial charge in [-0.05, 0) is 0 Å². The first kappa shape index (κ1) is 10.4. The van der Waals surface area contributed by atoms with Gasteiger partial charge in [-0.3, -0.25) is 9.78 Å². The molecular formula is C10H12N4O2. The number of H-pyrrole nitrogens is 1. The molecule has 16 heavy (non-hydrogen) atoms. The second-order valence-corrected chi connectivity index (χ2v) is 3.51. The molecule has 2 rings (SSSR count). The van der Waals surface area contributed by atoms with Crippen LogP contribution in [0.5, 0.6) is 0 Å². The number of hydrogen-bond donors (Lipinski definition) is 1. The van der Waals surface area contributed by atoms with Crippen molar-refractivity contribution in [2.45, 2.75) is 13.0 Å². The first-order chi connectivity index (χ1) is 7.66. The Morgan fingerprint density at radius 2 is 2.19 bits per heavy atom. The van der Waals surface area contributed by atoms with Gasteiger partial charge in [0.15, 0.2) is 0 Å². The van der Waals surface area contributed by atoms with Crippen LogP contribution in [-0.4, -0.2) is 19.1 Å². The molecule has 6 nitrogen and oxygen atoms in total. The van der Waals surface area contributed by atoms with Crippen LogP contribution in [0.2, 0.25) is 0 Å². The van der Waals surface area contributed by atoms with E-state index in [2.05, 4.69) is 9.97 Å². The molecule has 0 unspecified atom stereocenters. The van der Waals surface area contributed by atoms with Crippen LogP contribution >= 0.6 is 0 Å². The Morgan fingerprint density at radius 1 is 1.38 bits per heavy atom. The van der Waals surface area contributed by atoms with Gasteiger partial charge >= 0.3 is 5.69 Å².